The van der Waals surface area contributed by atoms with Gasteiger partial charge in [0.05, 0.1) is 11.8 Å². The Morgan fingerprint density at radius 2 is 2.21 bits per heavy atom. The van der Waals surface area contributed by atoms with Crippen LogP contribution in [0.3, 0.4) is 0 Å². The Hall–Kier alpha value is -1.30. The second-order valence-electron chi connectivity index (χ2n) is 2.59. The first-order valence-corrected chi connectivity index (χ1v) is 4.23. The first kappa shape index (κ1) is 9.26. The molecule has 2 aromatic rings. The molecule has 3 nitrogen and oxygen atoms in total. The van der Waals surface area contributed by atoms with E-state index in [4.69, 9.17) is 0 Å². The van der Waals surface area contributed by atoms with E-state index in [9.17, 15) is 8.78 Å². The Kier molecular flexibility index (Phi) is 2.28. The van der Waals surface area contributed by atoms with Crippen molar-refractivity contribution in [2.24, 2.45) is 0 Å². The Bertz CT molecular complexity index is 458. The number of H-pyrrole nitrogens is 1. The smallest absolute Gasteiger partial charge is 0.387 e. The van der Waals surface area contributed by atoms with Crippen molar-refractivity contribution >= 4 is 23.7 Å². The predicted molar refractivity (Wildman–Crippen MR) is 50.0 cm³/mol. The number of aromatic amines is 1. The van der Waals surface area contributed by atoms with Crippen molar-refractivity contribution in [3.05, 3.63) is 18.5 Å². The van der Waals surface area contributed by atoms with Gasteiger partial charge in [0.2, 0.25) is 0 Å². The van der Waals surface area contributed by atoms with E-state index in [-0.39, 0.29) is 5.75 Å². The van der Waals surface area contributed by atoms with E-state index < -0.39 is 6.61 Å². The third kappa shape index (κ3) is 1.52. The van der Waals surface area contributed by atoms with E-state index >= 15 is 0 Å². The maximum absolute atomic E-state index is 12.0. The number of hydrogen-bond acceptors (Lipinski definition) is 3. The molecular formula is C8H6F2N2OS. The van der Waals surface area contributed by atoms with Gasteiger partial charge in [-0.05, 0) is 12.1 Å². The molecule has 0 aliphatic carbocycles. The number of fused-ring (bicyclic) bond motifs is 1. The Morgan fingerprint density at radius 3 is 2.93 bits per heavy atom. The minimum absolute atomic E-state index is 0.0500. The lowest BCUT2D eigenvalue weighted by molar-refractivity contribution is -0.0489. The monoisotopic (exact) mass is 216 g/mol. The van der Waals surface area contributed by atoms with Gasteiger partial charge in [-0.15, -0.1) is 12.6 Å². The summed E-state index contributed by atoms with van der Waals surface area (Å²) in [6.07, 6.45) is 1.41. The normalized spacial score (nSPS) is 11.1. The number of benzene rings is 1. The minimum atomic E-state index is -2.85. The fourth-order valence-electron chi connectivity index (χ4n) is 1.18. The maximum atomic E-state index is 12.0. The van der Waals surface area contributed by atoms with Gasteiger partial charge >= 0.3 is 6.61 Å². The molecule has 0 bridgehead atoms. The lowest BCUT2D eigenvalue weighted by atomic mass is 10.3. The number of aromatic nitrogens is 2. The van der Waals surface area contributed by atoms with E-state index in [2.05, 4.69) is 27.3 Å². The summed E-state index contributed by atoms with van der Waals surface area (Å²) in [5.74, 6) is 0.0500. The third-order valence-electron chi connectivity index (χ3n) is 1.74. The van der Waals surface area contributed by atoms with Gasteiger partial charge in [-0.3, -0.25) is 0 Å². The molecule has 0 radical (unpaired) electrons. The third-order valence-corrected chi connectivity index (χ3v) is 2.11. The quantitative estimate of drug-likeness (QED) is 0.757. The molecule has 0 unspecified atom stereocenters. The lowest BCUT2D eigenvalue weighted by Crippen LogP contribution is -2.02. The topological polar surface area (TPSA) is 37.9 Å². The van der Waals surface area contributed by atoms with Crippen LogP contribution >= 0.6 is 12.6 Å². The minimum Gasteiger partial charge on any atom is -0.432 e. The van der Waals surface area contributed by atoms with Crippen molar-refractivity contribution < 1.29 is 13.5 Å². The molecule has 14 heavy (non-hydrogen) atoms. The molecule has 74 valence electrons. The highest BCUT2D eigenvalue weighted by atomic mass is 32.1. The van der Waals surface area contributed by atoms with E-state index in [1.165, 1.54) is 12.4 Å². The van der Waals surface area contributed by atoms with Gasteiger partial charge < -0.3 is 9.72 Å². The maximum Gasteiger partial charge on any atom is 0.387 e. The fourth-order valence-corrected chi connectivity index (χ4v) is 1.43. The summed E-state index contributed by atoms with van der Waals surface area (Å²) in [6.45, 7) is -2.85. The van der Waals surface area contributed by atoms with Crippen LogP contribution in [0.1, 0.15) is 0 Å². The number of thiol groups is 1. The van der Waals surface area contributed by atoms with Crippen molar-refractivity contribution in [2.75, 3.05) is 0 Å². The molecule has 1 aromatic carbocycles. The zero-order valence-corrected chi connectivity index (χ0v) is 7.76. The largest absolute Gasteiger partial charge is 0.432 e. The molecule has 1 aromatic heterocycles. The highest BCUT2D eigenvalue weighted by Crippen LogP contribution is 2.28. The Morgan fingerprint density at radius 1 is 1.43 bits per heavy atom. The lowest BCUT2D eigenvalue weighted by Gasteiger charge is -2.05. The molecule has 0 amide bonds. The Balaban J connectivity index is 2.55. The number of hydrogen-bond donors (Lipinski definition) is 2. The second kappa shape index (κ2) is 3.45. The number of alkyl halides is 2. The van der Waals surface area contributed by atoms with Crippen LogP contribution in [-0.2, 0) is 0 Å². The first-order chi connectivity index (χ1) is 6.68. The van der Waals surface area contributed by atoms with Crippen molar-refractivity contribution in [1.29, 1.82) is 0 Å². The summed E-state index contributed by atoms with van der Waals surface area (Å²) in [7, 11) is 0. The van der Waals surface area contributed by atoms with Crippen LogP contribution in [0.25, 0.3) is 11.0 Å². The SMILES string of the molecule is FC(F)Oc1ccc(S)c2[nH]cnc12. The molecular weight excluding hydrogens is 210 g/mol. The summed E-state index contributed by atoms with van der Waals surface area (Å²) >= 11 is 4.14. The van der Waals surface area contributed by atoms with Crippen LogP contribution in [0.4, 0.5) is 8.78 Å². The molecule has 0 atom stereocenters. The van der Waals surface area contributed by atoms with Gasteiger partial charge in [0.15, 0.2) is 5.75 Å². The van der Waals surface area contributed by atoms with Gasteiger partial charge in [-0.1, -0.05) is 0 Å². The average Bonchev–Trinajstić information content (AvgIpc) is 2.58. The zero-order valence-electron chi connectivity index (χ0n) is 6.87. The number of nitrogens with zero attached hydrogens (tertiary/aromatic N) is 1. The number of ether oxygens (including phenoxy) is 1. The van der Waals surface area contributed by atoms with Gasteiger partial charge in [0, 0.05) is 4.90 Å². The van der Waals surface area contributed by atoms with E-state index in [1.807, 2.05) is 0 Å². The predicted octanol–water partition coefficient (Wildman–Crippen LogP) is 2.45. The molecule has 1 N–H and O–H groups in total. The number of halogens is 2. The second-order valence-corrected chi connectivity index (χ2v) is 3.07. The average molecular weight is 216 g/mol. The van der Waals surface area contributed by atoms with Crippen LogP contribution < -0.4 is 4.74 Å². The van der Waals surface area contributed by atoms with Crippen molar-refractivity contribution in [2.45, 2.75) is 11.5 Å². The summed E-state index contributed by atoms with van der Waals surface area (Å²) < 4.78 is 28.2. The van der Waals surface area contributed by atoms with Crippen molar-refractivity contribution in [1.82, 2.24) is 9.97 Å². The number of imidazole rings is 1. The highest BCUT2D eigenvalue weighted by Gasteiger charge is 2.11. The van der Waals surface area contributed by atoms with E-state index in [0.29, 0.717) is 15.9 Å². The van der Waals surface area contributed by atoms with Crippen molar-refractivity contribution in [3.8, 4) is 5.75 Å². The van der Waals surface area contributed by atoms with Crippen LogP contribution in [0.15, 0.2) is 23.4 Å². The fraction of sp³-hybridized carbons (Fsp3) is 0.125. The molecule has 6 heteroatoms. The van der Waals surface area contributed by atoms with Gasteiger partial charge in [-0.2, -0.15) is 8.78 Å². The van der Waals surface area contributed by atoms with Gasteiger partial charge in [0.1, 0.15) is 5.52 Å². The Labute approximate surface area is 83.5 Å². The number of rotatable bonds is 2. The van der Waals surface area contributed by atoms with Gasteiger partial charge in [0.25, 0.3) is 0 Å². The summed E-state index contributed by atoms with van der Waals surface area (Å²) in [5.41, 5.74) is 0.948. The summed E-state index contributed by atoms with van der Waals surface area (Å²) in [5, 5.41) is 0. The molecule has 0 aliphatic heterocycles. The van der Waals surface area contributed by atoms with Crippen molar-refractivity contribution in [3.63, 3.8) is 0 Å². The van der Waals surface area contributed by atoms with Crippen LogP contribution in [0, 0.1) is 0 Å². The highest BCUT2D eigenvalue weighted by molar-refractivity contribution is 7.80. The van der Waals surface area contributed by atoms with Crippen LogP contribution in [0.2, 0.25) is 0 Å². The van der Waals surface area contributed by atoms with Gasteiger partial charge in [-0.25, -0.2) is 4.98 Å². The molecule has 2 rings (SSSR count). The van der Waals surface area contributed by atoms with Crippen LogP contribution in [0.5, 0.6) is 5.75 Å². The zero-order chi connectivity index (χ0) is 10.1. The molecule has 1 heterocycles. The molecule has 0 saturated heterocycles. The summed E-state index contributed by atoms with van der Waals surface area (Å²) in [4.78, 5) is 7.30. The summed E-state index contributed by atoms with van der Waals surface area (Å²) in [6, 6.07) is 2.99. The van der Waals surface area contributed by atoms with E-state index in [1.54, 1.807) is 6.07 Å². The standard InChI is InChI=1S/C8H6F2N2OS/c9-8(10)13-4-1-2-5(14)7-6(4)11-3-12-7/h1-3,8,14H,(H,11,12). The number of nitrogens with one attached hydrogen (secondary N) is 1. The molecule has 0 aliphatic rings. The molecule has 0 fully saturated rings. The molecule has 0 saturated carbocycles. The van der Waals surface area contributed by atoms with E-state index in [0.717, 1.165) is 0 Å². The molecule has 0 spiro atoms. The van der Waals surface area contributed by atoms with Crippen LogP contribution in [-0.4, -0.2) is 16.6 Å². The first-order valence-electron chi connectivity index (χ1n) is 3.78.